The van der Waals surface area contributed by atoms with E-state index in [1.807, 2.05) is 0 Å². The highest BCUT2D eigenvalue weighted by molar-refractivity contribution is 7.18. The van der Waals surface area contributed by atoms with Gasteiger partial charge in [0.15, 0.2) is 0 Å². The third-order valence-corrected chi connectivity index (χ3v) is 2.98. The van der Waals surface area contributed by atoms with Crippen LogP contribution in [0.5, 0.6) is 0 Å². The molecule has 1 saturated carbocycles. The topological polar surface area (TPSA) is 121 Å². The van der Waals surface area contributed by atoms with Crippen LogP contribution >= 0.6 is 9.24 Å². The summed E-state index contributed by atoms with van der Waals surface area (Å²) in [5.41, 5.74) is 0. The highest BCUT2D eigenvalue weighted by Gasteiger charge is 2.54. The van der Waals surface area contributed by atoms with Gasteiger partial charge in [0.2, 0.25) is 0 Å². The van der Waals surface area contributed by atoms with Crippen LogP contribution in [-0.4, -0.2) is 66.5 Å². The molecule has 3 unspecified atom stereocenters. The largest absolute Gasteiger partial charge is 0.387 e. The summed E-state index contributed by atoms with van der Waals surface area (Å²) in [4.78, 5) is 0. The monoisotopic (exact) mass is 212 g/mol. The van der Waals surface area contributed by atoms with Gasteiger partial charge < -0.3 is 30.6 Å². The molecule has 1 aliphatic rings. The molecule has 7 atom stereocenters. The molecule has 0 aromatic carbocycles. The minimum atomic E-state index is -2.11. The van der Waals surface area contributed by atoms with Gasteiger partial charge in [0.25, 0.3) is 0 Å². The molecule has 78 valence electrons. The van der Waals surface area contributed by atoms with E-state index in [4.69, 9.17) is 15.3 Å². The Morgan fingerprint density at radius 3 is 1.38 bits per heavy atom. The van der Waals surface area contributed by atoms with Crippen LogP contribution in [0, 0.1) is 0 Å². The molecule has 0 radical (unpaired) electrons. The molecule has 1 rings (SSSR count). The first-order valence-electron chi connectivity index (χ1n) is 3.71. The molecule has 0 bridgehead atoms. The first-order chi connectivity index (χ1) is 5.80. The van der Waals surface area contributed by atoms with E-state index < -0.39 is 35.9 Å². The maximum Gasteiger partial charge on any atom is 0.134 e. The zero-order valence-electron chi connectivity index (χ0n) is 6.65. The summed E-state index contributed by atoms with van der Waals surface area (Å²) in [7, 11) is 1.73. The Hall–Kier alpha value is 0.190. The van der Waals surface area contributed by atoms with Gasteiger partial charge in [-0.2, -0.15) is 0 Å². The van der Waals surface area contributed by atoms with Gasteiger partial charge in [-0.3, -0.25) is 0 Å². The SMILES string of the molecule is OC1[C@@H](O)[C@@H](O)C(O)(P)[C@@H](O)[C@@H]1O. The second-order valence-electron chi connectivity index (χ2n) is 3.25. The molecule has 7 heteroatoms. The van der Waals surface area contributed by atoms with Crippen molar-refractivity contribution in [3.63, 3.8) is 0 Å². The van der Waals surface area contributed by atoms with Crippen LogP contribution in [0.2, 0.25) is 0 Å². The second kappa shape index (κ2) is 3.40. The zero-order chi connectivity index (χ0) is 10.4. The van der Waals surface area contributed by atoms with Gasteiger partial charge >= 0.3 is 0 Å². The van der Waals surface area contributed by atoms with Gasteiger partial charge in [-0.1, -0.05) is 9.24 Å². The standard InChI is InChI=1S/C6H13O6P/c7-1-2(8)4(10)6(12,13)5(11)3(1)9/h1-5,7-12H,13H2/t1?,2-,3-,4-,5+,6?/m1/s1. The maximum atomic E-state index is 9.40. The molecular weight excluding hydrogens is 199 g/mol. The Morgan fingerprint density at radius 1 is 0.769 bits per heavy atom. The fraction of sp³-hybridized carbons (Fsp3) is 1.00. The van der Waals surface area contributed by atoms with Crippen molar-refractivity contribution in [3.05, 3.63) is 0 Å². The Balaban J connectivity index is 2.93. The van der Waals surface area contributed by atoms with Gasteiger partial charge in [-0.25, -0.2) is 0 Å². The lowest BCUT2D eigenvalue weighted by molar-refractivity contribution is -0.236. The summed E-state index contributed by atoms with van der Waals surface area (Å²) in [5.74, 6) is 0. The smallest absolute Gasteiger partial charge is 0.134 e. The lowest BCUT2D eigenvalue weighted by Crippen LogP contribution is -2.68. The van der Waals surface area contributed by atoms with Crippen molar-refractivity contribution in [2.24, 2.45) is 0 Å². The number of hydrogen-bond acceptors (Lipinski definition) is 6. The Kier molecular flexibility index (Phi) is 2.95. The van der Waals surface area contributed by atoms with Crippen molar-refractivity contribution in [1.82, 2.24) is 0 Å². The summed E-state index contributed by atoms with van der Waals surface area (Å²) >= 11 is 0. The van der Waals surface area contributed by atoms with E-state index in [2.05, 4.69) is 0 Å². The zero-order valence-corrected chi connectivity index (χ0v) is 7.80. The molecule has 6 nitrogen and oxygen atoms in total. The molecule has 13 heavy (non-hydrogen) atoms. The van der Waals surface area contributed by atoms with E-state index >= 15 is 0 Å². The number of aliphatic hydroxyl groups is 6. The van der Waals surface area contributed by atoms with Crippen LogP contribution in [0.25, 0.3) is 0 Å². The fourth-order valence-electron chi connectivity index (χ4n) is 1.30. The summed E-state index contributed by atoms with van der Waals surface area (Å²) in [5, 5.41) is 53.0. The van der Waals surface area contributed by atoms with Crippen molar-refractivity contribution in [2.45, 2.75) is 35.9 Å². The van der Waals surface area contributed by atoms with Gasteiger partial charge in [0.05, 0.1) is 0 Å². The van der Waals surface area contributed by atoms with Gasteiger partial charge in [-0.05, 0) is 0 Å². The predicted molar refractivity (Wildman–Crippen MR) is 44.7 cm³/mol. The van der Waals surface area contributed by atoms with E-state index in [1.165, 1.54) is 0 Å². The molecule has 0 aliphatic heterocycles. The van der Waals surface area contributed by atoms with Crippen LogP contribution in [0.15, 0.2) is 0 Å². The highest BCUT2D eigenvalue weighted by Crippen LogP contribution is 2.34. The second-order valence-corrected chi connectivity index (χ2v) is 4.17. The van der Waals surface area contributed by atoms with E-state index in [9.17, 15) is 15.3 Å². The van der Waals surface area contributed by atoms with Crippen LogP contribution in [0.3, 0.4) is 0 Å². The average Bonchev–Trinajstić information content (AvgIpc) is 2.09. The Labute approximate surface area is 76.7 Å². The van der Waals surface area contributed by atoms with Crippen molar-refractivity contribution in [1.29, 1.82) is 0 Å². The van der Waals surface area contributed by atoms with Crippen LogP contribution in [0.1, 0.15) is 0 Å². The highest BCUT2D eigenvalue weighted by atomic mass is 31.0. The number of hydrogen-bond donors (Lipinski definition) is 6. The van der Waals surface area contributed by atoms with Crippen LogP contribution in [0.4, 0.5) is 0 Å². The van der Waals surface area contributed by atoms with E-state index in [0.717, 1.165) is 0 Å². The third kappa shape index (κ3) is 1.59. The quantitative estimate of drug-likeness (QED) is 0.230. The first-order valence-corrected chi connectivity index (χ1v) is 4.29. The minimum Gasteiger partial charge on any atom is -0.387 e. The van der Waals surface area contributed by atoms with E-state index in [0.29, 0.717) is 0 Å². The summed E-state index contributed by atoms with van der Waals surface area (Å²) < 4.78 is 0. The van der Waals surface area contributed by atoms with Crippen molar-refractivity contribution >= 4 is 9.24 Å². The van der Waals surface area contributed by atoms with Crippen molar-refractivity contribution in [2.75, 3.05) is 0 Å². The van der Waals surface area contributed by atoms with Gasteiger partial charge in [0.1, 0.15) is 35.9 Å². The molecule has 0 heterocycles. The molecule has 1 fully saturated rings. The molecule has 0 saturated heterocycles. The molecule has 0 spiro atoms. The van der Waals surface area contributed by atoms with Crippen molar-refractivity contribution < 1.29 is 30.6 Å². The van der Waals surface area contributed by atoms with Crippen molar-refractivity contribution in [3.8, 4) is 0 Å². The molecule has 6 N–H and O–H groups in total. The summed E-state index contributed by atoms with van der Waals surface area (Å²) in [6, 6.07) is 0. The molecule has 0 aromatic rings. The molecular formula is C6H13O6P. The molecule has 0 aromatic heterocycles. The lowest BCUT2D eigenvalue weighted by atomic mass is 9.84. The summed E-state index contributed by atoms with van der Waals surface area (Å²) in [6.45, 7) is 0. The lowest BCUT2D eigenvalue weighted by Gasteiger charge is -2.45. The normalized spacial score (nSPS) is 57.9. The molecule has 1 aliphatic carbocycles. The maximum absolute atomic E-state index is 9.40. The van der Waals surface area contributed by atoms with Crippen LogP contribution in [-0.2, 0) is 0 Å². The average molecular weight is 212 g/mol. The van der Waals surface area contributed by atoms with E-state index in [-0.39, 0.29) is 0 Å². The minimum absolute atomic E-state index is 1.68. The number of aliphatic hydroxyl groups excluding tert-OH is 5. The first kappa shape index (κ1) is 11.3. The number of rotatable bonds is 0. The fourth-order valence-corrected chi connectivity index (χ4v) is 1.69. The van der Waals surface area contributed by atoms with Crippen LogP contribution < -0.4 is 0 Å². The van der Waals surface area contributed by atoms with Gasteiger partial charge in [-0.15, -0.1) is 0 Å². The third-order valence-electron chi connectivity index (χ3n) is 2.29. The molecule has 0 amide bonds. The summed E-state index contributed by atoms with van der Waals surface area (Å²) in [6.07, 6.45) is -8.52. The van der Waals surface area contributed by atoms with E-state index in [1.54, 1.807) is 9.24 Å². The predicted octanol–water partition coefficient (Wildman–Crippen LogP) is -3.63. The Bertz CT molecular complexity index is 180. The van der Waals surface area contributed by atoms with Gasteiger partial charge in [0, 0.05) is 0 Å². The Morgan fingerprint density at radius 2 is 1.08 bits per heavy atom.